The summed E-state index contributed by atoms with van der Waals surface area (Å²) in [7, 11) is 0. The summed E-state index contributed by atoms with van der Waals surface area (Å²) >= 11 is 1.53. The van der Waals surface area contributed by atoms with Crippen LogP contribution in [0.3, 0.4) is 0 Å². The average molecular weight is 209 g/mol. The Labute approximate surface area is 85.4 Å². The predicted octanol–water partition coefficient (Wildman–Crippen LogP) is 1.26. The van der Waals surface area contributed by atoms with Gasteiger partial charge >= 0.3 is 0 Å². The third-order valence-corrected chi connectivity index (χ3v) is 2.78. The second-order valence-corrected chi connectivity index (χ2v) is 3.99. The fourth-order valence-corrected chi connectivity index (χ4v) is 1.81. The first-order valence-electron chi connectivity index (χ1n) is 4.27. The molecule has 6 heteroatoms. The molecule has 2 aromatic rings. The molecule has 14 heavy (non-hydrogen) atoms. The van der Waals surface area contributed by atoms with Crippen molar-refractivity contribution in [2.75, 3.05) is 0 Å². The number of aryl methyl sites for hydroxylation is 1. The van der Waals surface area contributed by atoms with E-state index in [9.17, 15) is 0 Å². The van der Waals surface area contributed by atoms with Gasteiger partial charge in [-0.05, 0) is 13.8 Å². The zero-order chi connectivity index (χ0) is 10.1. The van der Waals surface area contributed by atoms with Gasteiger partial charge in [-0.2, -0.15) is 5.10 Å². The number of aromatic nitrogens is 4. The molecule has 0 amide bonds. The highest BCUT2D eigenvalue weighted by atomic mass is 32.1. The zero-order valence-electron chi connectivity index (χ0n) is 7.98. The summed E-state index contributed by atoms with van der Waals surface area (Å²) in [5, 5.41) is 9.63. The van der Waals surface area contributed by atoms with Crippen LogP contribution in [-0.2, 0) is 0 Å². The van der Waals surface area contributed by atoms with Gasteiger partial charge < -0.3 is 5.73 Å². The van der Waals surface area contributed by atoms with E-state index in [0.717, 1.165) is 16.5 Å². The number of rotatable bonds is 2. The molecule has 0 saturated carbocycles. The molecule has 1 atom stereocenters. The van der Waals surface area contributed by atoms with Crippen LogP contribution in [0, 0.1) is 6.92 Å². The van der Waals surface area contributed by atoms with Crippen LogP contribution in [0.15, 0.2) is 5.38 Å². The van der Waals surface area contributed by atoms with E-state index in [4.69, 9.17) is 5.73 Å². The maximum Gasteiger partial charge on any atom is 0.200 e. The van der Waals surface area contributed by atoms with Crippen molar-refractivity contribution >= 4 is 11.3 Å². The van der Waals surface area contributed by atoms with Gasteiger partial charge in [0.05, 0.1) is 6.04 Å². The largest absolute Gasteiger partial charge is 0.322 e. The van der Waals surface area contributed by atoms with E-state index in [1.807, 2.05) is 19.2 Å². The van der Waals surface area contributed by atoms with E-state index in [1.165, 1.54) is 11.3 Å². The van der Waals surface area contributed by atoms with Gasteiger partial charge in [0.2, 0.25) is 5.82 Å². The molecule has 2 rings (SSSR count). The van der Waals surface area contributed by atoms with Crippen LogP contribution in [0.25, 0.3) is 11.5 Å². The number of hydrogen-bond acceptors (Lipinski definition) is 5. The van der Waals surface area contributed by atoms with Gasteiger partial charge in [-0.3, -0.25) is 5.10 Å². The lowest BCUT2D eigenvalue weighted by molar-refractivity contribution is 0.807. The highest BCUT2D eigenvalue weighted by Crippen LogP contribution is 2.21. The van der Waals surface area contributed by atoms with Gasteiger partial charge in [-0.15, -0.1) is 11.3 Å². The number of aromatic amines is 1. The molecule has 3 N–H and O–H groups in total. The number of nitrogens with one attached hydrogen (secondary N) is 1. The Kier molecular flexibility index (Phi) is 2.30. The number of H-pyrrole nitrogens is 1. The molecule has 0 spiro atoms. The second kappa shape index (κ2) is 3.47. The monoisotopic (exact) mass is 209 g/mol. The van der Waals surface area contributed by atoms with Gasteiger partial charge in [0.25, 0.3) is 0 Å². The quantitative estimate of drug-likeness (QED) is 0.780. The summed E-state index contributed by atoms with van der Waals surface area (Å²) < 4.78 is 0. The lowest BCUT2D eigenvalue weighted by Gasteiger charge is -1.95. The first kappa shape index (κ1) is 9.29. The van der Waals surface area contributed by atoms with Gasteiger partial charge in [0.15, 0.2) is 0 Å². The lowest BCUT2D eigenvalue weighted by atomic mass is 10.4. The van der Waals surface area contributed by atoms with Crippen molar-refractivity contribution in [1.82, 2.24) is 20.2 Å². The molecule has 0 radical (unpaired) electrons. The third kappa shape index (κ3) is 1.66. The van der Waals surface area contributed by atoms with Crippen LogP contribution in [0.4, 0.5) is 0 Å². The molecule has 0 bridgehead atoms. The van der Waals surface area contributed by atoms with E-state index in [0.29, 0.717) is 5.82 Å². The third-order valence-electron chi connectivity index (χ3n) is 1.74. The van der Waals surface area contributed by atoms with Crippen LogP contribution in [0.2, 0.25) is 0 Å². The average Bonchev–Trinajstić information content (AvgIpc) is 2.70. The standard InChI is InChI=1S/C8H11N5S/c1-4(9)8-11-6(3-14-8)7-10-5(2)12-13-7/h3-4H,9H2,1-2H3,(H,10,12,13). The summed E-state index contributed by atoms with van der Waals surface area (Å²) in [4.78, 5) is 8.53. The molecular formula is C8H11N5S. The van der Waals surface area contributed by atoms with Crippen LogP contribution in [0.1, 0.15) is 23.8 Å². The lowest BCUT2D eigenvalue weighted by Crippen LogP contribution is -2.03. The topological polar surface area (TPSA) is 80.5 Å². The number of nitrogens with zero attached hydrogens (tertiary/aromatic N) is 3. The summed E-state index contributed by atoms with van der Waals surface area (Å²) in [6, 6.07) is -0.0335. The van der Waals surface area contributed by atoms with E-state index in [-0.39, 0.29) is 6.04 Å². The van der Waals surface area contributed by atoms with Gasteiger partial charge in [0.1, 0.15) is 16.5 Å². The first-order valence-corrected chi connectivity index (χ1v) is 5.15. The maximum absolute atomic E-state index is 5.71. The molecule has 2 heterocycles. The highest BCUT2D eigenvalue weighted by molar-refractivity contribution is 7.10. The number of nitrogens with two attached hydrogens (primary N) is 1. The molecule has 5 nitrogen and oxygen atoms in total. The van der Waals surface area contributed by atoms with E-state index in [2.05, 4.69) is 20.2 Å². The highest BCUT2D eigenvalue weighted by Gasteiger charge is 2.10. The van der Waals surface area contributed by atoms with Gasteiger partial charge in [0, 0.05) is 5.38 Å². The van der Waals surface area contributed by atoms with Crippen LogP contribution < -0.4 is 5.73 Å². The predicted molar refractivity (Wildman–Crippen MR) is 54.8 cm³/mol. The van der Waals surface area contributed by atoms with Crippen LogP contribution in [0.5, 0.6) is 0 Å². The first-order chi connectivity index (χ1) is 6.66. The van der Waals surface area contributed by atoms with Crippen LogP contribution in [-0.4, -0.2) is 20.2 Å². The SMILES string of the molecule is Cc1nc(-c2csc(C(C)N)n2)n[nH]1. The van der Waals surface area contributed by atoms with Crippen molar-refractivity contribution in [2.45, 2.75) is 19.9 Å². The summed E-state index contributed by atoms with van der Waals surface area (Å²) in [6.07, 6.45) is 0. The molecule has 1 unspecified atom stereocenters. The Balaban J connectivity index is 2.33. The molecule has 74 valence electrons. The summed E-state index contributed by atoms with van der Waals surface area (Å²) in [6.45, 7) is 3.77. The van der Waals surface area contributed by atoms with Crippen molar-refractivity contribution in [1.29, 1.82) is 0 Å². The Morgan fingerprint density at radius 1 is 1.50 bits per heavy atom. The fraction of sp³-hybridized carbons (Fsp3) is 0.375. The zero-order valence-corrected chi connectivity index (χ0v) is 8.80. The molecule has 0 aliphatic rings. The number of hydrogen-bond donors (Lipinski definition) is 2. The molecule has 0 aliphatic heterocycles. The van der Waals surface area contributed by atoms with Crippen molar-refractivity contribution in [3.8, 4) is 11.5 Å². The minimum Gasteiger partial charge on any atom is -0.322 e. The fourth-order valence-electron chi connectivity index (χ4n) is 1.06. The maximum atomic E-state index is 5.71. The van der Waals surface area contributed by atoms with E-state index in [1.54, 1.807) is 0 Å². The molecule has 0 aliphatic carbocycles. The Bertz CT molecular complexity index is 430. The molecule has 0 saturated heterocycles. The van der Waals surface area contributed by atoms with Crippen LogP contribution >= 0.6 is 11.3 Å². The van der Waals surface area contributed by atoms with Gasteiger partial charge in [-0.1, -0.05) is 0 Å². The normalized spacial score (nSPS) is 13.1. The summed E-state index contributed by atoms with van der Waals surface area (Å²) in [5.74, 6) is 1.42. The minimum atomic E-state index is -0.0335. The summed E-state index contributed by atoms with van der Waals surface area (Å²) in [5.41, 5.74) is 6.49. The van der Waals surface area contributed by atoms with Crippen molar-refractivity contribution in [3.05, 3.63) is 16.2 Å². The second-order valence-electron chi connectivity index (χ2n) is 3.10. The van der Waals surface area contributed by atoms with Gasteiger partial charge in [-0.25, -0.2) is 9.97 Å². The molecule has 0 aromatic carbocycles. The van der Waals surface area contributed by atoms with Crippen molar-refractivity contribution in [3.63, 3.8) is 0 Å². The molecule has 2 aromatic heterocycles. The number of thiazole rings is 1. The van der Waals surface area contributed by atoms with E-state index < -0.39 is 0 Å². The Morgan fingerprint density at radius 2 is 2.29 bits per heavy atom. The van der Waals surface area contributed by atoms with Crippen molar-refractivity contribution in [2.24, 2.45) is 5.73 Å². The van der Waals surface area contributed by atoms with Crippen molar-refractivity contribution < 1.29 is 0 Å². The smallest absolute Gasteiger partial charge is 0.200 e. The molecular weight excluding hydrogens is 198 g/mol. The molecule has 0 fully saturated rings. The van der Waals surface area contributed by atoms with E-state index >= 15 is 0 Å². The Hall–Kier alpha value is -1.27. The minimum absolute atomic E-state index is 0.0335. The Morgan fingerprint density at radius 3 is 2.79 bits per heavy atom.